The predicted octanol–water partition coefficient (Wildman–Crippen LogP) is 0.577. The van der Waals surface area contributed by atoms with Crippen LogP contribution >= 0.6 is 0 Å². The quantitative estimate of drug-likeness (QED) is 0.710. The van der Waals surface area contributed by atoms with Gasteiger partial charge in [-0.2, -0.15) is 5.26 Å². The van der Waals surface area contributed by atoms with Crippen molar-refractivity contribution < 1.29 is 18.9 Å². The minimum atomic E-state index is -0.352. The van der Waals surface area contributed by atoms with E-state index in [4.69, 9.17) is 24.7 Å². The highest BCUT2D eigenvalue weighted by atomic mass is 16.5. The smallest absolute Gasteiger partial charge is 0.200 e. The van der Waals surface area contributed by atoms with Gasteiger partial charge >= 0.3 is 0 Å². The lowest BCUT2D eigenvalue weighted by atomic mass is 9.75. The number of nitriles is 1. The first-order valence-electron chi connectivity index (χ1n) is 7.92. The SMILES string of the molecule is COCC1NNC2OC(N)=C(C#N)C(c3ccc(OC)c(OC)c3)C12. The van der Waals surface area contributed by atoms with Crippen LogP contribution in [-0.4, -0.2) is 40.2 Å². The Morgan fingerprint density at radius 3 is 2.60 bits per heavy atom. The Hall–Kier alpha value is -2.47. The number of ether oxygens (including phenoxy) is 4. The summed E-state index contributed by atoms with van der Waals surface area (Å²) >= 11 is 0. The molecule has 0 spiro atoms. The van der Waals surface area contributed by atoms with Gasteiger partial charge < -0.3 is 24.7 Å². The first-order chi connectivity index (χ1) is 12.1. The number of rotatable bonds is 5. The summed E-state index contributed by atoms with van der Waals surface area (Å²) in [4.78, 5) is 0. The number of hydrogen-bond acceptors (Lipinski definition) is 8. The first kappa shape index (κ1) is 17.4. The summed E-state index contributed by atoms with van der Waals surface area (Å²) in [5, 5.41) is 9.66. The average molecular weight is 346 g/mol. The highest BCUT2D eigenvalue weighted by Crippen LogP contribution is 2.44. The van der Waals surface area contributed by atoms with Crippen LogP contribution in [0.1, 0.15) is 11.5 Å². The third kappa shape index (κ3) is 2.98. The summed E-state index contributed by atoms with van der Waals surface area (Å²) in [5.41, 5.74) is 13.6. The van der Waals surface area contributed by atoms with E-state index >= 15 is 0 Å². The van der Waals surface area contributed by atoms with E-state index in [0.29, 0.717) is 23.7 Å². The van der Waals surface area contributed by atoms with Crippen molar-refractivity contribution in [3.8, 4) is 17.6 Å². The highest BCUT2D eigenvalue weighted by molar-refractivity contribution is 5.49. The van der Waals surface area contributed by atoms with Crippen LogP contribution in [0.15, 0.2) is 29.7 Å². The van der Waals surface area contributed by atoms with Crippen LogP contribution in [-0.2, 0) is 9.47 Å². The molecule has 2 heterocycles. The lowest BCUT2D eigenvalue weighted by Gasteiger charge is -2.35. The summed E-state index contributed by atoms with van der Waals surface area (Å²) in [6.07, 6.45) is -0.352. The van der Waals surface area contributed by atoms with Crippen LogP contribution in [0.5, 0.6) is 11.5 Å². The Labute approximate surface area is 146 Å². The fraction of sp³-hybridized carbons (Fsp3) is 0.471. The summed E-state index contributed by atoms with van der Waals surface area (Å²) < 4.78 is 21.7. The molecular formula is C17H22N4O4. The van der Waals surface area contributed by atoms with Crippen LogP contribution in [0, 0.1) is 17.2 Å². The molecule has 1 fully saturated rings. The van der Waals surface area contributed by atoms with E-state index in [0.717, 1.165) is 5.56 Å². The van der Waals surface area contributed by atoms with Gasteiger partial charge in [-0.25, -0.2) is 10.9 Å². The van der Waals surface area contributed by atoms with Crippen molar-refractivity contribution in [2.75, 3.05) is 27.9 Å². The van der Waals surface area contributed by atoms with Crippen molar-refractivity contribution in [1.29, 1.82) is 5.26 Å². The standard InChI is InChI=1S/C17H22N4O4/c1-22-8-11-15-14(9-4-5-12(23-2)13(6-9)24-3)10(7-18)16(19)25-17(15)21-20-11/h4-6,11,14-15,17,20-21H,8,19H2,1-3H3. The summed E-state index contributed by atoms with van der Waals surface area (Å²) in [5.74, 6) is 1.03. The van der Waals surface area contributed by atoms with Gasteiger partial charge in [0.2, 0.25) is 5.88 Å². The first-order valence-corrected chi connectivity index (χ1v) is 7.92. The minimum Gasteiger partial charge on any atom is -0.493 e. The van der Waals surface area contributed by atoms with E-state index < -0.39 is 0 Å². The Morgan fingerprint density at radius 2 is 1.96 bits per heavy atom. The molecule has 0 amide bonds. The highest BCUT2D eigenvalue weighted by Gasteiger charge is 2.48. The van der Waals surface area contributed by atoms with Crippen LogP contribution < -0.4 is 26.1 Å². The Balaban J connectivity index is 2.08. The van der Waals surface area contributed by atoms with Crippen molar-refractivity contribution in [3.63, 3.8) is 0 Å². The number of allylic oxidation sites excluding steroid dienone is 1. The maximum atomic E-state index is 9.66. The molecule has 0 aliphatic carbocycles. The monoisotopic (exact) mass is 346 g/mol. The van der Waals surface area contributed by atoms with Crippen LogP contribution in [0.3, 0.4) is 0 Å². The fourth-order valence-corrected chi connectivity index (χ4v) is 3.55. The summed E-state index contributed by atoms with van der Waals surface area (Å²) in [7, 11) is 4.80. The second-order valence-corrected chi connectivity index (χ2v) is 5.95. The van der Waals surface area contributed by atoms with Crippen molar-refractivity contribution in [2.24, 2.45) is 11.7 Å². The number of methoxy groups -OCH3 is 3. The molecule has 1 aromatic carbocycles. The van der Waals surface area contributed by atoms with Gasteiger partial charge in [0.05, 0.1) is 32.4 Å². The summed E-state index contributed by atoms with van der Waals surface area (Å²) in [6, 6.07) is 7.78. The number of hydrogen-bond donors (Lipinski definition) is 3. The van der Waals surface area contributed by atoms with Crippen molar-refractivity contribution in [3.05, 3.63) is 35.2 Å². The number of benzene rings is 1. The third-order valence-corrected chi connectivity index (χ3v) is 4.67. The van der Waals surface area contributed by atoms with Crippen LogP contribution in [0.4, 0.5) is 0 Å². The summed E-state index contributed by atoms with van der Waals surface area (Å²) in [6.45, 7) is 0.472. The van der Waals surface area contributed by atoms with E-state index in [-0.39, 0.29) is 30.0 Å². The fourth-order valence-electron chi connectivity index (χ4n) is 3.55. The topological polar surface area (TPSA) is 111 Å². The van der Waals surface area contributed by atoms with Gasteiger partial charge in [0.1, 0.15) is 6.07 Å². The molecule has 2 aliphatic rings. The normalized spacial score (nSPS) is 28.1. The Bertz CT molecular complexity index is 715. The molecule has 1 aromatic rings. The number of nitrogens with zero attached hydrogens (tertiary/aromatic N) is 1. The van der Waals surface area contributed by atoms with E-state index in [9.17, 15) is 5.26 Å². The largest absolute Gasteiger partial charge is 0.493 e. The van der Waals surface area contributed by atoms with Crippen molar-refractivity contribution in [1.82, 2.24) is 10.9 Å². The zero-order valence-electron chi connectivity index (χ0n) is 14.4. The predicted molar refractivity (Wildman–Crippen MR) is 89.4 cm³/mol. The molecule has 134 valence electrons. The van der Waals surface area contributed by atoms with E-state index in [1.165, 1.54) is 0 Å². The maximum Gasteiger partial charge on any atom is 0.200 e. The molecule has 0 saturated carbocycles. The molecule has 0 aromatic heterocycles. The second kappa shape index (κ2) is 7.19. The van der Waals surface area contributed by atoms with Gasteiger partial charge in [-0.15, -0.1) is 0 Å². The number of nitrogens with two attached hydrogens (primary N) is 1. The third-order valence-electron chi connectivity index (χ3n) is 4.67. The lowest BCUT2D eigenvalue weighted by Crippen LogP contribution is -2.42. The van der Waals surface area contributed by atoms with Gasteiger partial charge in [0, 0.05) is 18.9 Å². The minimum absolute atomic E-state index is 0.0375. The maximum absolute atomic E-state index is 9.66. The van der Waals surface area contributed by atoms with E-state index in [1.807, 2.05) is 18.2 Å². The Kier molecular flexibility index (Phi) is 4.99. The van der Waals surface area contributed by atoms with Crippen LogP contribution in [0.25, 0.3) is 0 Å². The molecule has 8 heteroatoms. The number of nitrogens with one attached hydrogen (secondary N) is 2. The van der Waals surface area contributed by atoms with Crippen LogP contribution in [0.2, 0.25) is 0 Å². The van der Waals surface area contributed by atoms with Gasteiger partial charge in [-0.3, -0.25) is 0 Å². The Morgan fingerprint density at radius 1 is 1.20 bits per heavy atom. The van der Waals surface area contributed by atoms with E-state index in [2.05, 4.69) is 16.9 Å². The van der Waals surface area contributed by atoms with Gasteiger partial charge in [0.25, 0.3) is 0 Å². The number of fused-ring (bicyclic) bond motifs is 1. The molecular weight excluding hydrogens is 324 g/mol. The molecule has 0 bridgehead atoms. The molecule has 4 unspecified atom stereocenters. The molecule has 8 nitrogen and oxygen atoms in total. The zero-order valence-corrected chi connectivity index (χ0v) is 14.4. The molecule has 4 N–H and O–H groups in total. The van der Waals surface area contributed by atoms with Crippen molar-refractivity contribution in [2.45, 2.75) is 18.2 Å². The van der Waals surface area contributed by atoms with Crippen molar-refractivity contribution >= 4 is 0 Å². The molecule has 4 atom stereocenters. The molecule has 3 rings (SSSR count). The van der Waals surface area contributed by atoms with Gasteiger partial charge in [-0.05, 0) is 17.7 Å². The van der Waals surface area contributed by atoms with Gasteiger partial charge in [0.15, 0.2) is 17.7 Å². The molecule has 25 heavy (non-hydrogen) atoms. The second-order valence-electron chi connectivity index (χ2n) is 5.95. The zero-order chi connectivity index (χ0) is 18.0. The number of hydrazine groups is 1. The van der Waals surface area contributed by atoms with E-state index in [1.54, 1.807) is 21.3 Å². The molecule has 2 aliphatic heterocycles. The molecule has 0 radical (unpaired) electrons. The lowest BCUT2D eigenvalue weighted by molar-refractivity contribution is 0.0278. The average Bonchev–Trinajstić information content (AvgIpc) is 3.02. The van der Waals surface area contributed by atoms with Gasteiger partial charge in [-0.1, -0.05) is 6.07 Å². The molecule has 1 saturated heterocycles.